The molecule has 0 aromatic carbocycles. The highest BCUT2D eigenvalue weighted by Gasteiger charge is 2.23. The van der Waals surface area contributed by atoms with E-state index in [1.54, 1.807) is 6.08 Å². The summed E-state index contributed by atoms with van der Waals surface area (Å²) < 4.78 is 22.8. The molecular formula is C32H61N2O6P. The number of nitrogens with one attached hydrogen (secondary N) is 1. The maximum absolute atomic E-state index is 12.5. The second-order valence-corrected chi connectivity index (χ2v) is 13.2. The van der Waals surface area contributed by atoms with Crippen molar-refractivity contribution in [1.29, 1.82) is 0 Å². The number of aliphatic hydroxyl groups excluding tert-OH is 1. The lowest BCUT2D eigenvalue weighted by atomic mass is 10.1. The van der Waals surface area contributed by atoms with Crippen LogP contribution < -0.4 is 10.2 Å². The topological polar surface area (TPSA) is 108 Å². The first-order chi connectivity index (χ1) is 19.5. The molecule has 3 unspecified atom stereocenters. The number of unbranched alkanes of at least 4 members (excludes halogenated alkanes) is 10. The van der Waals surface area contributed by atoms with Gasteiger partial charge >= 0.3 is 0 Å². The molecule has 0 aliphatic heterocycles. The Morgan fingerprint density at radius 1 is 0.829 bits per heavy atom. The summed E-state index contributed by atoms with van der Waals surface area (Å²) in [4.78, 5) is 24.8. The maximum Gasteiger partial charge on any atom is 0.268 e. The molecule has 0 aromatic heterocycles. The van der Waals surface area contributed by atoms with Crippen LogP contribution in [0.25, 0.3) is 0 Å². The van der Waals surface area contributed by atoms with Crippen molar-refractivity contribution in [3.8, 4) is 0 Å². The molecule has 2 N–H and O–H groups in total. The van der Waals surface area contributed by atoms with Gasteiger partial charge in [0.05, 0.1) is 39.9 Å². The van der Waals surface area contributed by atoms with Gasteiger partial charge in [0, 0.05) is 6.42 Å². The summed E-state index contributed by atoms with van der Waals surface area (Å²) in [6.07, 6.45) is 26.4. The van der Waals surface area contributed by atoms with Crippen LogP contribution in [0.4, 0.5) is 0 Å². The van der Waals surface area contributed by atoms with E-state index in [9.17, 15) is 19.4 Å². The van der Waals surface area contributed by atoms with Crippen molar-refractivity contribution in [2.75, 3.05) is 40.9 Å². The second-order valence-electron chi connectivity index (χ2n) is 11.8. The molecule has 0 aliphatic carbocycles. The lowest BCUT2D eigenvalue weighted by Gasteiger charge is -2.29. The molecule has 0 bridgehead atoms. The first kappa shape index (κ1) is 39.7. The van der Waals surface area contributed by atoms with E-state index in [0.29, 0.717) is 17.4 Å². The van der Waals surface area contributed by atoms with E-state index in [4.69, 9.17) is 9.05 Å². The van der Waals surface area contributed by atoms with Gasteiger partial charge in [0.25, 0.3) is 7.82 Å². The molecule has 1 amide bonds. The number of rotatable bonds is 27. The summed E-state index contributed by atoms with van der Waals surface area (Å²) in [6.45, 7) is 4.46. The van der Waals surface area contributed by atoms with Gasteiger partial charge in [-0.25, -0.2) is 0 Å². The molecular weight excluding hydrogens is 539 g/mol. The smallest absolute Gasteiger partial charge is 0.268 e. The fourth-order valence-corrected chi connectivity index (χ4v) is 4.67. The van der Waals surface area contributed by atoms with Crippen LogP contribution >= 0.6 is 7.82 Å². The van der Waals surface area contributed by atoms with Crippen LogP contribution in [0.15, 0.2) is 36.5 Å². The molecule has 0 saturated heterocycles. The lowest BCUT2D eigenvalue weighted by Crippen LogP contribution is -2.45. The number of hydrogen-bond donors (Lipinski definition) is 2. The number of carbonyl (C=O) groups excluding carboxylic acids is 1. The number of likely N-dealkylation sites (N-methyl/N-ethyl adjacent to an activating group) is 1. The number of aliphatic hydroxyl groups is 1. The summed E-state index contributed by atoms with van der Waals surface area (Å²) in [7, 11) is 1.22. The summed E-state index contributed by atoms with van der Waals surface area (Å²) in [5.74, 6) is -0.226. The normalized spacial score (nSPS) is 15.6. The fraction of sp³-hybridized carbons (Fsp3) is 0.781. The molecule has 0 aromatic rings. The Hall–Kier alpha value is -1.28. The summed E-state index contributed by atoms with van der Waals surface area (Å²) >= 11 is 0. The average molecular weight is 601 g/mol. The third kappa shape index (κ3) is 27.3. The number of amides is 1. The summed E-state index contributed by atoms with van der Waals surface area (Å²) in [5.41, 5.74) is 0. The molecule has 9 heteroatoms. The van der Waals surface area contributed by atoms with Crippen molar-refractivity contribution < 1.29 is 32.9 Å². The predicted octanol–water partition coefficient (Wildman–Crippen LogP) is 6.60. The molecule has 0 saturated carbocycles. The van der Waals surface area contributed by atoms with Gasteiger partial charge in [0.15, 0.2) is 0 Å². The van der Waals surface area contributed by atoms with E-state index in [2.05, 4.69) is 43.5 Å². The van der Waals surface area contributed by atoms with Gasteiger partial charge in [-0.15, -0.1) is 0 Å². The Morgan fingerprint density at radius 2 is 1.37 bits per heavy atom. The Labute approximate surface area is 251 Å². The van der Waals surface area contributed by atoms with Gasteiger partial charge in [-0.2, -0.15) is 0 Å². The van der Waals surface area contributed by atoms with Gasteiger partial charge in [-0.05, 0) is 44.9 Å². The standard InChI is InChI=1S/C32H61N2O6P/c1-6-8-10-12-14-15-16-17-18-19-20-21-23-25-31(35)30(33-32(36)26-24-22-13-11-9-7-2)29-40-41(37,38)39-28-27-34(3,4)5/h14-15,18-19,23,25,30-31,35H,6-13,16-17,20-22,24,26-29H2,1-5H3,(H-,33,36,37,38)/b15-14+,19-18+,25-23+. The first-order valence-corrected chi connectivity index (χ1v) is 17.3. The zero-order chi connectivity index (χ0) is 30.8. The van der Waals surface area contributed by atoms with Gasteiger partial charge in [-0.3, -0.25) is 9.36 Å². The Morgan fingerprint density at radius 3 is 1.98 bits per heavy atom. The molecule has 0 aliphatic rings. The van der Waals surface area contributed by atoms with Crippen molar-refractivity contribution in [2.45, 2.75) is 122 Å². The lowest BCUT2D eigenvalue weighted by molar-refractivity contribution is -0.870. The van der Waals surface area contributed by atoms with Crippen molar-refractivity contribution in [3.05, 3.63) is 36.5 Å². The zero-order valence-electron chi connectivity index (χ0n) is 26.7. The predicted molar refractivity (Wildman–Crippen MR) is 168 cm³/mol. The number of phosphoric acid groups is 1. The fourth-order valence-electron chi connectivity index (χ4n) is 3.94. The molecule has 0 spiro atoms. The third-order valence-corrected chi connectivity index (χ3v) is 7.54. The Kier molecular flexibility index (Phi) is 24.5. The average Bonchev–Trinajstić information content (AvgIpc) is 2.90. The Bertz CT molecular complexity index is 779. The minimum atomic E-state index is -4.57. The van der Waals surface area contributed by atoms with Crippen molar-refractivity contribution in [3.63, 3.8) is 0 Å². The van der Waals surface area contributed by atoms with E-state index in [-0.39, 0.29) is 12.5 Å². The van der Waals surface area contributed by atoms with E-state index >= 15 is 0 Å². The van der Waals surface area contributed by atoms with Crippen molar-refractivity contribution in [2.24, 2.45) is 0 Å². The van der Waals surface area contributed by atoms with Crippen LogP contribution in [-0.4, -0.2) is 68.5 Å². The number of quaternary nitrogens is 1. The van der Waals surface area contributed by atoms with Crippen molar-refractivity contribution in [1.82, 2.24) is 5.32 Å². The molecule has 3 atom stereocenters. The Balaban J connectivity index is 4.72. The van der Waals surface area contributed by atoms with E-state index in [0.717, 1.165) is 57.8 Å². The number of hydrogen-bond acceptors (Lipinski definition) is 6. The van der Waals surface area contributed by atoms with Crippen LogP contribution in [0.2, 0.25) is 0 Å². The van der Waals surface area contributed by atoms with Gasteiger partial charge in [0.2, 0.25) is 5.91 Å². The van der Waals surface area contributed by atoms with Gasteiger partial charge in [0.1, 0.15) is 13.2 Å². The number of nitrogens with zero attached hydrogens (tertiary/aromatic N) is 1. The third-order valence-electron chi connectivity index (χ3n) is 6.58. The van der Waals surface area contributed by atoms with E-state index < -0.39 is 26.6 Å². The minimum Gasteiger partial charge on any atom is -0.756 e. The van der Waals surface area contributed by atoms with Crippen LogP contribution in [0.1, 0.15) is 110 Å². The first-order valence-electron chi connectivity index (χ1n) is 15.9. The van der Waals surface area contributed by atoms with E-state index in [1.807, 2.05) is 27.2 Å². The monoisotopic (exact) mass is 600 g/mol. The van der Waals surface area contributed by atoms with Crippen LogP contribution in [0, 0.1) is 0 Å². The molecule has 8 nitrogen and oxygen atoms in total. The molecule has 0 heterocycles. The molecule has 240 valence electrons. The van der Waals surface area contributed by atoms with Crippen LogP contribution in [-0.2, 0) is 18.4 Å². The highest BCUT2D eigenvalue weighted by molar-refractivity contribution is 7.45. The quantitative estimate of drug-likeness (QED) is 0.0476. The molecule has 41 heavy (non-hydrogen) atoms. The summed E-state index contributed by atoms with van der Waals surface area (Å²) in [6, 6.07) is -0.900. The number of carbonyl (C=O) groups is 1. The van der Waals surface area contributed by atoms with E-state index in [1.165, 1.54) is 32.1 Å². The van der Waals surface area contributed by atoms with Gasteiger partial charge in [-0.1, -0.05) is 95.2 Å². The molecule has 0 radical (unpaired) electrons. The zero-order valence-corrected chi connectivity index (χ0v) is 27.6. The largest absolute Gasteiger partial charge is 0.756 e. The highest BCUT2D eigenvalue weighted by atomic mass is 31.2. The number of allylic oxidation sites excluding steroid dienone is 5. The molecule has 0 fully saturated rings. The molecule has 0 rings (SSSR count). The second kappa shape index (κ2) is 25.2. The minimum absolute atomic E-state index is 0.00937. The van der Waals surface area contributed by atoms with Gasteiger partial charge < -0.3 is 28.8 Å². The van der Waals surface area contributed by atoms with Crippen LogP contribution in [0.5, 0.6) is 0 Å². The highest BCUT2D eigenvalue weighted by Crippen LogP contribution is 2.38. The number of phosphoric ester groups is 1. The maximum atomic E-state index is 12.5. The van der Waals surface area contributed by atoms with Crippen molar-refractivity contribution >= 4 is 13.7 Å². The summed E-state index contributed by atoms with van der Waals surface area (Å²) in [5, 5.41) is 13.5. The SMILES string of the molecule is CCCCC/C=C/CC/C=C/CC/C=C/C(O)C(COP(=O)([O-])OCC[N+](C)(C)C)NC(=O)CCCCCCCC. The van der Waals surface area contributed by atoms with Crippen LogP contribution in [0.3, 0.4) is 0 Å².